The molecule has 0 N–H and O–H groups in total. The molecule has 3 aromatic rings. The third-order valence-corrected chi connectivity index (χ3v) is 6.29. The molecule has 0 amide bonds. The summed E-state index contributed by atoms with van der Waals surface area (Å²) >= 11 is 4.74. The van der Waals surface area contributed by atoms with Gasteiger partial charge in [-0.05, 0) is 106 Å². The zero-order valence-corrected chi connectivity index (χ0v) is 23.7. The van der Waals surface area contributed by atoms with Crippen molar-refractivity contribution in [2.45, 2.75) is 13.1 Å². The van der Waals surface area contributed by atoms with Gasteiger partial charge < -0.3 is 13.9 Å². The minimum Gasteiger partial charge on any atom is -0.327 e. The number of benzene rings is 3. The van der Waals surface area contributed by atoms with Crippen LogP contribution < -0.4 is 4.90 Å². The van der Waals surface area contributed by atoms with Crippen molar-refractivity contribution in [2.75, 3.05) is 47.2 Å². The van der Waals surface area contributed by atoms with E-state index in [1.54, 1.807) is 0 Å². The first kappa shape index (κ1) is 24.5. The van der Waals surface area contributed by atoms with Crippen LogP contribution in [0, 0.1) is 7.14 Å². The molecule has 164 valence electrons. The van der Waals surface area contributed by atoms with Crippen LogP contribution in [0.15, 0.2) is 66.7 Å². The van der Waals surface area contributed by atoms with Gasteiger partial charge in [0.1, 0.15) is 13.1 Å². The fourth-order valence-corrected chi connectivity index (χ4v) is 4.47. The second-order valence-corrected chi connectivity index (χ2v) is 12.6. The van der Waals surface area contributed by atoms with Crippen LogP contribution in [0.1, 0.15) is 11.1 Å². The van der Waals surface area contributed by atoms with Crippen LogP contribution in [0.2, 0.25) is 0 Å². The summed E-state index contributed by atoms with van der Waals surface area (Å²) in [5.74, 6) is 0. The second-order valence-electron chi connectivity index (χ2n) is 10.1. The lowest BCUT2D eigenvalue weighted by Crippen LogP contribution is -2.35. The Hall–Kier alpha value is -1.16. The van der Waals surface area contributed by atoms with Gasteiger partial charge in [-0.2, -0.15) is 0 Å². The molecule has 0 saturated carbocycles. The maximum absolute atomic E-state index is 2.41. The molecule has 0 unspecified atom stereocenters. The first-order valence-corrected chi connectivity index (χ1v) is 12.6. The van der Waals surface area contributed by atoms with Crippen LogP contribution in [0.4, 0.5) is 17.1 Å². The minimum absolute atomic E-state index is 0.883. The van der Waals surface area contributed by atoms with Gasteiger partial charge in [0.25, 0.3) is 0 Å². The van der Waals surface area contributed by atoms with Gasteiger partial charge >= 0.3 is 0 Å². The molecule has 0 heterocycles. The van der Waals surface area contributed by atoms with Gasteiger partial charge in [-0.3, -0.25) is 0 Å². The Kier molecular flexibility index (Phi) is 7.71. The lowest BCUT2D eigenvalue weighted by Gasteiger charge is -2.32. The Morgan fingerprint density at radius 1 is 0.613 bits per heavy atom. The molecular formula is C26H33I2N3+2. The molecule has 0 spiro atoms. The number of halogens is 2. The Morgan fingerprint density at radius 3 is 1.48 bits per heavy atom. The van der Waals surface area contributed by atoms with E-state index in [-0.39, 0.29) is 0 Å². The predicted molar refractivity (Wildman–Crippen MR) is 150 cm³/mol. The summed E-state index contributed by atoms with van der Waals surface area (Å²) in [4.78, 5) is 2.40. The van der Waals surface area contributed by atoms with E-state index < -0.39 is 0 Å². The van der Waals surface area contributed by atoms with Crippen molar-refractivity contribution < 1.29 is 8.97 Å². The normalized spacial score (nSPS) is 12.1. The third-order valence-electron chi connectivity index (χ3n) is 4.86. The minimum atomic E-state index is 0.883. The molecular weight excluding hydrogens is 608 g/mol. The molecule has 0 bridgehead atoms. The number of quaternary nitrogens is 2. The highest BCUT2D eigenvalue weighted by molar-refractivity contribution is 14.1. The summed E-state index contributed by atoms with van der Waals surface area (Å²) in [6.45, 7) is 1.98. The molecule has 0 aliphatic rings. The molecule has 0 aliphatic heterocycles. The number of anilines is 3. The van der Waals surface area contributed by atoms with E-state index >= 15 is 0 Å². The van der Waals surface area contributed by atoms with Crippen molar-refractivity contribution >= 4 is 62.2 Å². The van der Waals surface area contributed by atoms with Crippen molar-refractivity contribution in [3.8, 4) is 0 Å². The summed E-state index contributed by atoms with van der Waals surface area (Å²) in [6, 6.07) is 24.6. The Morgan fingerprint density at radius 2 is 1.06 bits per heavy atom. The molecule has 3 rings (SSSR count). The fraction of sp³-hybridized carbons (Fsp3) is 0.308. The second kappa shape index (κ2) is 9.77. The smallest absolute Gasteiger partial charge is 0.106 e. The average molecular weight is 641 g/mol. The molecule has 3 nitrogen and oxygen atoms in total. The maximum atomic E-state index is 2.41. The molecule has 5 heteroatoms. The van der Waals surface area contributed by atoms with Crippen LogP contribution in [0.3, 0.4) is 0 Å². The Bertz CT molecular complexity index is 969. The molecule has 0 atom stereocenters. The van der Waals surface area contributed by atoms with E-state index in [0.717, 1.165) is 22.1 Å². The van der Waals surface area contributed by atoms with E-state index in [9.17, 15) is 0 Å². The third kappa shape index (κ3) is 7.17. The molecule has 0 aromatic heterocycles. The molecule has 0 aliphatic carbocycles. The van der Waals surface area contributed by atoms with E-state index in [1.807, 2.05) is 0 Å². The zero-order chi connectivity index (χ0) is 22.8. The molecule has 3 aromatic carbocycles. The zero-order valence-electron chi connectivity index (χ0n) is 19.4. The van der Waals surface area contributed by atoms with E-state index in [2.05, 4.69) is 159 Å². The summed E-state index contributed by atoms with van der Waals surface area (Å²) in [5.41, 5.74) is 6.37. The maximum Gasteiger partial charge on any atom is 0.106 e. The quantitative estimate of drug-likeness (QED) is 0.203. The van der Waals surface area contributed by atoms with E-state index in [1.165, 1.54) is 35.3 Å². The molecule has 0 radical (unpaired) electrons. The van der Waals surface area contributed by atoms with Crippen molar-refractivity contribution in [1.29, 1.82) is 0 Å². The molecule has 0 fully saturated rings. The van der Waals surface area contributed by atoms with E-state index in [4.69, 9.17) is 0 Å². The highest BCUT2D eigenvalue weighted by atomic mass is 127. The number of nitrogens with zero attached hydrogens (tertiary/aromatic N) is 3. The summed E-state index contributed by atoms with van der Waals surface area (Å²) in [6.07, 6.45) is 0. The van der Waals surface area contributed by atoms with Crippen LogP contribution in [-0.2, 0) is 13.1 Å². The van der Waals surface area contributed by atoms with Gasteiger partial charge in [-0.15, -0.1) is 0 Å². The van der Waals surface area contributed by atoms with E-state index in [0.29, 0.717) is 0 Å². The van der Waals surface area contributed by atoms with Gasteiger partial charge in [-0.25, -0.2) is 0 Å². The first-order valence-electron chi connectivity index (χ1n) is 10.5. The van der Waals surface area contributed by atoms with Crippen LogP contribution in [0.25, 0.3) is 0 Å². The SMILES string of the molecule is C[N+](C)(C)Cc1ccc(N(c2ccc(I)cc2)c2ccc(I)cc2)c(C[N+](C)(C)C)c1. The lowest BCUT2D eigenvalue weighted by molar-refractivity contribution is -0.884. The summed E-state index contributed by atoms with van der Waals surface area (Å²) in [7, 11) is 13.5. The fourth-order valence-electron chi connectivity index (χ4n) is 3.75. The molecule has 0 saturated heterocycles. The topological polar surface area (TPSA) is 3.24 Å². The molecule has 31 heavy (non-hydrogen) atoms. The van der Waals surface area contributed by atoms with Crippen LogP contribution in [-0.4, -0.2) is 51.3 Å². The average Bonchev–Trinajstić information content (AvgIpc) is 2.64. The largest absolute Gasteiger partial charge is 0.327 e. The monoisotopic (exact) mass is 641 g/mol. The van der Waals surface area contributed by atoms with Crippen molar-refractivity contribution in [3.63, 3.8) is 0 Å². The Balaban J connectivity index is 2.18. The number of rotatable bonds is 7. The summed E-state index contributed by atoms with van der Waals surface area (Å²) in [5, 5.41) is 0. The van der Waals surface area contributed by atoms with Crippen molar-refractivity contribution in [3.05, 3.63) is 85.0 Å². The number of hydrogen-bond acceptors (Lipinski definition) is 1. The van der Waals surface area contributed by atoms with Gasteiger partial charge in [0.05, 0.1) is 48.0 Å². The van der Waals surface area contributed by atoms with Crippen LogP contribution in [0.5, 0.6) is 0 Å². The summed E-state index contributed by atoms with van der Waals surface area (Å²) < 4.78 is 4.29. The van der Waals surface area contributed by atoms with Crippen LogP contribution >= 0.6 is 45.2 Å². The van der Waals surface area contributed by atoms with Gasteiger partial charge in [0.15, 0.2) is 0 Å². The van der Waals surface area contributed by atoms with Crippen molar-refractivity contribution in [2.24, 2.45) is 0 Å². The lowest BCUT2D eigenvalue weighted by atomic mass is 10.0. The van der Waals surface area contributed by atoms with Gasteiger partial charge in [0, 0.05) is 29.6 Å². The predicted octanol–water partition coefficient (Wildman–Crippen LogP) is 6.78. The Labute approximate surface area is 215 Å². The number of hydrogen-bond donors (Lipinski definition) is 0. The van der Waals surface area contributed by atoms with Gasteiger partial charge in [0.2, 0.25) is 0 Å². The highest BCUT2D eigenvalue weighted by Gasteiger charge is 2.21. The standard InChI is InChI=1S/C26H33I2N3/c1-30(2,3)18-20-7-16-26(21(17-20)19-31(4,5)6)29(24-12-8-22(27)9-13-24)25-14-10-23(28)11-15-25/h7-17H,18-19H2,1-6H3/q+2. The van der Waals surface area contributed by atoms with Gasteiger partial charge in [-0.1, -0.05) is 6.07 Å². The highest BCUT2D eigenvalue weighted by Crippen LogP contribution is 2.38. The first-order chi connectivity index (χ1) is 14.4. The van der Waals surface area contributed by atoms with Crippen molar-refractivity contribution in [1.82, 2.24) is 0 Å².